The van der Waals surface area contributed by atoms with Crippen molar-refractivity contribution < 1.29 is 20.4 Å². The van der Waals surface area contributed by atoms with E-state index < -0.39 is 0 Å². The van der Waals surface area contributed by atoms with Gasteiger partial charge in [0.1, 0.15) is 0 Å². The third-order valence-electron chi connectivity index (χ3n) is 8.71. The highest BCUT2D eigenvalue weighted by molar-refractivity contribution is 6.15. The molecule has 0 bridgehead atoms. The lowest BCUT2D eigenvalue weighted by atomic mass is 9.94. The van der Waals surface area contributed by atoms with Crippen molar-refractivity contribution in [3.63, 3.8) is 0 Å². The van der Waals surface area contributed by atoms with Crippen LogP contribution in [0.1, 0.15) is 0 Å². The second-order valence-electron chi connectivity index (χ2n) is 11.2. The van der Waals surface area contributed by atoms with Gasteiger partial charge < -0.3 is 20.4 Å². The van der Waals surface area contributed by atoms with E-state index in [1.54, 1.807) is 0 Å². The molecule has 8 aromatic carbocycles. The molecule has 0 saturated carbocycles. The van der Waals surface area contributed by atoms with Crippen molar-refractivity contribution in [1.29, 1.82) is 0 Å². The van der Waals surface area contributed by atoms with Gasteiger partial charge in [0, 0.05) is 21.5 Å². The number of rotatable bonds is 3. The molecule has 0 aromatic heterocycles. The molecule has 0 aliphatic heterocycles. The standard InChI is InChI=1S/C40H26O4/c41-37-33-7-3-1-5-29(33)31-19-17-27(21-35(31)39(37)43)25-13-9-23(10-14-25)24-11-15-26(16-12-24)28-18-20-32-30-6-2-4-8-34(30)38(42)40(44)36(32)22-28/h1-22,41-44H. The number of phenolic OH excluding ortho intramolecular Hbond substituents is 4. The van der Waals surface area contributed by atoms with Crippen LogP contribution >= 0.6 is 0 Å². The van der Waals surface area contributed by atoms with Gasteiger partial charge in [0.25, 0.3) is 0 Å². The summed E-state index contributed by atoms with van der Waals surface area (Å²) in [6, 6.07) is 43.5. The molecular formula is C40H26O4. The first-order valence-electron chi connectivity index (χ1n) is 14.4. The van der Waals surface area contributed by atoms with E-state index in [-0.39, 0.29) is 23.0 Å². The number of hydrogen-bond donors (Lipinski definition) is 4. The first-order valence-corrected chi connectivity index (χ1v) is 14.4. The van der Waals surface area contributed by atoms with Crippen LogP contribution < -0.4 is 0 Å². The first kappa shape index (κ1) is 25.7. The minimum Gasteiger partial charge on any atom is -0.504 e. The fraction of sp³-hybridized carbons (Fsp3) is 0. The van der Waals surface area contributed by atoms with E-state index in [9.17, 15) is 20.4 Å². The van der Waals surface area contributed by atoms with Crippen LogP contribution in [0.15, 0.2) is 133 Å². The third-order valence-corrected chi connectivity index (χ3v) is 8.71. The van der Waals surface area contributed by atoms with E-state index in [0.29, 0.717) is 21.5 Å². The van der Waals surface area contributed by atoms with Gasteiger partial charge in [-0.2, -0.15) is 0 Å². The van der Waals surface area contributed by atoms with Crippen LogP contribution in [0.3, 0.4) is 0 Å². The molecule has 4 nitrogen and oxygen atoms in total. The molecule has 0 aliphatic carbocycles. The number of aromatic hydroxyl groups is 4. The van der Waals surface area contributed by atoms with Crippen LogP contribution in [0.2, 0.25) is 0 Å². The summed E-state index contributed by atoms with van der Waals surface area (Å²) in [5, 5.41) is 48.8. The Bertz CT molecular complexity index is 2230. The summed E-state index contributed by atoms with van der Waals surface area (Å²) in [7, 11) is 0. The molecule has 0 spiro atoms. The maximum atomic E-state index is 10.8. The fourth-order valence-corrected chi connectivity index (χ4v) is 6.38. The van der Waals surface area contributed by atoms with E-state index >= 15 is 0 Å². The van der Waals surface area contributed by atoms with Crippen molar-refractivity contribution in [1.82, 2.24) is 0 Å². The maximum absolute atomic E-state index is 10.8. The minimum atomic E-state index is -0.107. The molecule has 44 heavy (non-hydrogen) atoms. The molecule has 0 unspecified atom stereocenters. The molecule has 0 atom stereocenters. The molecule has 4 heteroatoms. The minimum absolute atomic E-state index is 0.101. The van der Waals surface area contributed by atoms with E-state index in [2.05, 4.69) is 48.5 Å². The quantitative estimate of drug-likeness (QED) is 0.126. The van der Waals surface area contributed by atoms with Crippen LogP contribution in [-0.2, 0) is 0 Å². The van der Waals surface area contributed by atoms with E-state index in [4.69, 9.17) is 0 Å². The third kappa shape index (κ3) is 3.92. The summed E-state index contributed by atoms with van der Waals surface area (Å²) in [4.78, 5) is 0. The van der Waals surface area contributed by atoms with Crippen LogP contribution in [0.4, 0.5) is 0 Å². The van der Waals surface area contributed by atoms with Gasteiger partial charge in [-0.1, -0.05) is 121 Å². The van der Waals surface area contributed by atoms with Gasteiger partial charge in [0.05, 0.1) is 0 Å². The Balaban J connectivity index is 1.10. The average molecular weight is 571 g/mol. The van der Waals surface area contributed by atoms with Gasteiger partial charge in [-0.25, -0.2) is 0 Å². The van der Waals surface area contributed by atoms with Gasteiger partial charge >= 0.3 is 0 Å². The molecule has 210 valence electrons. The second kappa shape index (κ2) is 9.79. The zero-order valence-electron chi connectivity index (χ0n) is 23.5. The number of fused-ring (bicyclic) bond motifs is 6. The monoisotopic (exact) mass is 570 g/mol. The van der Waals surface area contributed by atoms with Gasteiger partial charge in [0.2, 0.25) is 0 Å². The highest BCUT2D eigenvalue weighted by Gasteiger charge is 2.15. The number of benzene rings is 8. The summed E-state index contributed by atoms with van der Waals surface area (Å²) < 4.78 is 0. The van der Waals surface area contributed by atoms with Crippen molar-refractivity contribution in [3.05, 3.63) is 133 Å². The van der Waals surface area contributed by atoms with Crippen molar-refractivity contribution in [3.8, 4) is 56.4 Å². The van der Waals surface area contributed by atoms with Crippen LogP contribution in [0.25, 0.3) is 76.5 Å². The SMILES string of the molecule is Oc1c(O)c2cc(-c3ccc(-c4ccc(-c5ccc6c(c5)c(O)c(O)c5ccccc56)cc4)cc3)ccc2c2ccccc12. The summed E-state index contributed by atoms with van der Waals surface area (Å²) >= 11 is 0. The van der Waals surface area contributed by atoms with Crippen molar-refractivity contribution in [2.45, 2.75) is 0 Å². The molecular weight excluding hydrogens is 544 g/mol. The smallest absolute Gasteiger partial charge is 0.166 e. The van der Waals surface area contributed by atoms with Crippen LogP contribution in [0, 0.1) is 0 Å². The van der Waals surface area contributed by atoms with Crippen molar-refractivity contribution >= 4 is 43.1 Å². The zero-order valence-corrected chi connectivity index (χ0v) is 23.5. The largest absolute Gasteiger partial charge is 0.504 e. The van der Waals surface area contributed by atoms with Crippen molar-refractivity contribution in [2.24, 2.45) is 0 Å². The molecule has 0 heterocycles. The Morgan fingerprint density at radius 2 is 0.477 bits per heavy atom. The summed E-state index contributed by atoms with van der Waals surface area (Å²) in [5.74, 6) is -0.416. The lowest BCUT2D eigenvalue weighted by molar-refractivity contribution is 0.412. The fourth-order valence-electron chi connectivity index (χ4n) is 6.38. The van der Waals surface area contributed by atoms with E-state index in [1.807, 2.05) is 84.9 Å². The predicted octanol–water partition coefficient (Wildman–Crippen LogP) is 10.1. The summed E-state index contributed by atoms with van der Waals surface area (Å²) in [6.07, 6.45) is 0. The Kier molecular flexibility index (Phi) is 5.71. The molecule has 4 N–H and O–H groups in total. The first-order chi connectivity index (χ1) is 21.5. The second-order valence-corrected chi connectivity index (χ2v) is 11.2. The molecule has 8 aromatic rings. The molecule has 0 fully saturated rings. The Morgan fingerprint density at radius 3 is 0.841 bits per heavy atom. The van der Waals surface area contributed by atoms with Crippen molar-refractivity contribution in [2.75, 3.05) is 0 Å². The van der Waals surface area contributed by atoms with Crippen LogP contribution in [0.5, 0.6) is 23.0 Å². The normalized spacial score (nSPS) is 11.5. The summed E-state index contributed by atoms with van der Waals surface area (Å²) in [6.45, 7) is 0. The van der Waals surface area contributed by atoms with Gasteiger partial charge in [-0.3, -0.25) is 0 Å². The number of phenols is 4. The molecule has 8 rings (SSSR count). The maximum Gasteiger partial charge on any atom is 0.166 e. The summed E-state index contributed by atoms with van der Waals surface area (Å²) in [5.41, 5.74) is 6.04. The van der Waals surface area contributed by atoms with E-state index in [1.165, 1.54) is 0 Å². The topological polar surface area (TPSA) is 80.9 Å². The van der Waals surface area contributed by atoms with Crippen LogP contribution in [-0.4, -0.2) is 20.4 Å². The Morgan fingerprint density at radius 1 is 0.227 bits per heavy atom. The Hall–Kier alpha value is -6.00. The highest BCUT2D eigenvalue weighted by atomic mass is 16.3. The van der Waals surface area contributed by atoms with Gasteiger partial charge in [0.15, 0.2) is 23.0 Å². The zero-order chi connectivity index (χ0) is 29.9. The molecule has 0 aliphatic rings. The lowest BCUT2D eigenvalue weighted by Gasteiger charge is -2.12. The average Bonchev–Trinajstić information content (AvgIpc) is 3.09. The molecule has 0 amide bonds. The Labute approximate surface area is 253 Å². The molecule has 0 saturated heterocycles. The number of hydrogen-bond acceptors (Lipinski definition) is 4. The van der Waals surface area contributed by atoms with E-state index in [0.717, 1.165) is 54.9 Å². The van der Waals surface area contributed by atoms with Gasteiger partial charge in [-0.05, 0) is 67.1 Å². The highest BCUT2D eigenvalue weighted by Crippen LogP contribution is 2.44. The lowest BCUT2D eigenvalue weighted by Crippen LogP contribution is -1.85. The van der Waals surface area contributed by atoms with Gasteiger partial charge in [-0.15, -0.1) is 0 Å². The molecule has 0 radical (unpaired) electrons. The predicted molar refractivity (Wildman–Crippen MR) is 179 cm³/mol.